The lowest BCUT2D eigenvalue weighted by Gasteiger charge is -2.12. The van der Waals surface area contributed by atoms with Crippen LogP contribution in [0, 0.1) is 10.1 Å². The fourth-order valence-corrected chi connectivity index (χ4v) is 3.22. The molecule has 8 heteroatoms. The Hall–Kier alpha value is -3.55. The molecule has 0 bridgehead atoms. The van der Waals surface area contributed by atoms with Crippen LogP contribution >= 0.6 is 0 Å². The summed E-state index contributed by atoms with van der Waals surface area (Å²) in [6.07, 6.45) is 3.02. The monoisotopic (exact) mass is 397 g/mol. The highest BCUT2D eigenvalue weighted by atomic mass is 16.6. The van der Waals surface area contributed by atoms with E-state index in [1.165, 1.54) is 19.2 Å². The third kappa shape index (κ3) is 4.16. The van der Waals surface area contributed by atoms with Crippen LogP contribution < -0.4 is 14.8 Å². The Morgan fingerprint density at radius 1 is 1.17 bits per heavy atom. The summed E-state index contributed by atoms with van der Waals surface area (Å²) in [7, 11) is 1.42. The van der Waals surface area contributed by atoms with Crippen LogP contribution in [0.15, 0.2) is 42.6 Å². The number of anilines is 1. The fraction of sp³-hybridized carbons (Fsp3) is 0.286. The van der Waals surface area contributed by atoms with Crippen molar-refractivity contribution in [3.05, 3.63) is 58.3 Å². The molecule has 0 aliphatic rings. The summed E-state index contributed by atoms with van der Waals surface area (Å²) in [5, 5.41) is 15.2. The van der Waals surface area contributed by atoms with Crippen LogP contribution in [-0.2, 0) is 6.54 Å². The van der Waals surface area contributed by atoms with Crippen LogP contribution in [0.1, 0.15) is 30.6 Å². The van der Waals surface area contributed by atoms with E-state index >= 15 is 0 Å². The molecule has 3 aromatic rings. The zero-order valence-corrected chi connectivity index (χ0v) is 16.6. The summed E-state index contributed by atoms with van der Waals surface area (Å²) in [6, 6.07) is 10.1. The maximum Gasteiger partial charge on any atom is 0.286 e. The highest BCUT2D eigenvalue weighted by Gasteiger charge is 2.25. The molecule has 3 rings (SSSR count). The van der Waals surface area contributed by atoms with Gasteiger partial charge in [0.05, 0.1) is 24.7 Å². The Kier molecular flexibility index (Phi) is 6.01. The number of aromatic nitrogens is 1. The van der Waals surface area contributed by atoms with Crippen LogP contribution in [0.4, 0.5) is 11.4 Å². The molecule has 29 heavy (non-hydrogen) atoms. The minimum Gasteiger partial charge on any atom is -0.493 e. The molecule has 0 saturated heterocycles. The van der Waals surface area contributed by atoms with Gasteiger partial charge in [-0.25, -0.2) is 0 Å². The molecule has 0 aliphatic carbocycles. The number of ether oxygens (including phenoxy) is 2. The van der Waals surface area contributed by atoms with E-state index in [1.54, 1.807) is 13.0 Å². The van der Waals surface area contributed by atoms with E-state index in [-0.39, 0.29) is 22.7 Å². The Morgan fingerprint density at radius 2 is 1.97 bits per heavy atom. The minimum atomic E-state index is -0.606. The third-order valence-corrected chi connectivity index (χ3v) is 4.52. The number of fused-ring (bicyclic) bond motifs is 1. The lowest BCUT2D eigenvalue weighted by Crippen LogP contribution is -2.14. The van der Waals surface area contributed by atoms with E-state index in [0.717, 1.165) is 23.9 Å². The molecule has 0 aliphatic heterocycles. The van der Waals surface area contributed by atoms with Crippen molar-refractivity contribution >= 4 is 28.2 Å². The molecular weight excluding hydrogens is 374 g/mol. The van der Waals surface area contributed by atoms with Gasteiger partial charge in [0.25, 0.3) is 11.6 Å². The third-order valence-electron chi connectivity index (χ3n) is 4.52. The number of hydrogen-bond donors (Lipinski definition) is 1. The number of nitro groups is 1. The van der Waals surface area contributed by atoms with Gasteiger partial charge in [-0.3, -0.25) is 14.9 Å². The zero-order valence-electron chi connectivity index (χ0n) is 16.6. The zero-order chi connectivity index (χ0) is 21.0. The van der Waals surface area contributed by atoms with Gasteiger partial charge in [-0.15, -0.1) is 0 Å². The predicted molar refractivity (Wildman–Crippen MR) is 111 cm³/mol. The standard InChI is InChI=1S/C21H23N3O5/c1-4-9-23-10-8-14-11-15(6-7-17(14)23)22-21(25)16-12-19(28-3)20(29-5-2)13-18(16)24(26)27/h6-8,10-13H,4-5,9H2,1-3H3,(H,22,25). The number of aryl methyl sites for hydroxylation is 1. The number of nitro benzene ring substituents is 1. The minimum absolute atomic E-state index is 0.0982. The Morgan fingerprint density at radius 3 is 2.62 bits per heavy atom. The van der Waals surface area contributed by atoms with Gasteiger partial charge in [0, 0.05) is 35.4 Å². The average molecular weight is 397 g/mol. The van der Waals surface area contributed by atoms with Crippen molar-refractivity contribution in [3.63, 3.8) is 0 Å². The first-order valence-electron chi connectivity index (χ1n) is 9.38. The van der Waals surface area contributed by atoms with Gasteiger partial charge >= 0.3 is 0 Å². The second kappa shape index (κ2) is 8.64. The van der Waals surface area contributed by atoms with Gasteiger partial charge in [-0.1, -0.05) is 6.92 Å². The highest BCUT2D eigenvalue weighted by Crippen LogP contribution is 2.35. The number of amides is 1. The molecule has 0 fully saturated rings. The average Bonchev–Trinajstić information content (AvgIpc) is 3.10. The number of hydrogen-bond acceptors (Lipinski definition) is 5. The van der Waals surface area contributed by atoms with Gasteiger partial charge in [0.2, 0.25) is 0 Å². The van der Waals surface area contributed by atoms with E-state index in [4.69, 9.17) is 9.47 Å². The predicted octanol–water partition coefficient (Wildman–Crippen LogP) is 4.62. The van der Waals surface area contributed by atoms with Gasteiger partial charge < -0.3 is 19.4 Å². The number of nitrogens with one attached hydrogen (secondary N) is 1. The van der Waals surface area contributed by atoms with E-state index in [1.807, 2.05) is 24.4 Å². The van der Waals surface area contributed by atoms with Crippen molar-refractivity contribution in [2.24, 2.45) is 0 Å². The molecule has 0 unspecified atom stereocenters. The van der Waals surface area contributed by atoms with Crippen LogP contribution in [-0.4, -0.2) is 29.1 Å². The lowest BCUT2D eigenvalue weighted by atomic mass is 10.1. The summed E-state index contributed by atoms with van der Waals surface area (Å²) in [4.78, 5) is 23.7. The van der Waals surface area contributed by atoms with Crippen molar-refractivity contribution in [2.45, 2.75) is 26.8 Å². The van der Waals surface area contributed by atoms with E-state index < -0.39 is 10.8 Å². The van der Waals surface area contributed by atoms with Crippen LogP contribution in [0.5, 0.6) is 11.5 Å². The smallest absolute Gasteiger partial charge is 0.286 e. The Labute approximate surface area is 168 Å². The topological polar surface area (TPSA) is 95.6 Å². The van der Waals surface area contributed by atoms with Gasteiger partial charge in [0.15, 0.2) is 11.5 Å². The van der Waals surface area contributed by atoms with E-state index in [2.05, 4.69) is 16.8 Å². The van der Waals surface area contributed by atoms with Crippen molar-refractivity contribution in [1.82, 2.24) is 4.57 Å². The van der Waals surface area contributed by atoms with E-state index in [0.29, 0.717) is 12.3 Å². The SMILES string of the molecule is CCCn1ccc2cc(NC(=O)c3cc(OC)c(OCC)cc3[N+](=O)[O-])ccc21. The van der Waals surface area contributed by atoms with Crippen LogP contribution in [0.2, 0.25) is 0 Å². The second-order valence-electron chi connectivity index (χ2n) is 6.45. The maximum atomic E-state index is 12.8. The van der Waals surface area contributed by atoms with Gasteiger partial charge in [-0.2, -0.15) is 0 Å². The molecule has 8 nitrogen and oxygen atoms in total. The second-order valence-corrected chi connectivity index (χ2v) is 6.45. The summed E-state index contributed by atoms with van der Waals surface area (Å²) < 4.78 is 12.7. The fourth-order valence-electron chi connectivity index (χ4n) is 3.22. The van der Waals surface area contributed by atoms with Crippen molar-refractivity contribution in [3.8, 4) is 11.5 Å². The molecule has 0 radical (unpaired) electrons. The summed E-state index contributed by atoms with van der Waals surface area (Å²) in [5.74, 6) is -0.114. The van der Waals surface area contributed by atoms with Gasteiger partial charge in [0.1, 0.15) is 5.56 Å². The largest absolute Gasteiger partial charge is 0.493 e. The van der Waals surface area contributed by atoms with Crippen molar-refractivity contribution < 1.29 is 19.2 Å². The maximum absolute atomic E-state index is 12.8. The molecule has 1 heterocycles. The molecule has 152 valence electrons. The lowest BCUT2D eigenvalue weighted by molar-refractivity contribution is -0.385. The summed E-state index contributed by atoms with van der Waals surface area (Å²) >= 11 is 0. The number of methoxy groups -OCH3 is 1. The Balaban J connectivity index is 1.93. The number of benzene rings is 2. The van der Waals surface area contributed by atoms with Crippen LogP contribution in [0.3, 0.4) is 0 Å². The summed E-state index contributed by atoms with van der Waals surface area (Å²) in [6.45, 7) is 5.10. The quantitative estimate of drug-likeness (QED) is 0.442. The molecule has 0 atom stereocenters. The number of rotatable bonds is 8. The van der Waals surface area contributed by atoms with E-state index in [9.17, 15) is 14.9 Å². The van der Waals surface area contributed by atoms with Crippen molar-refractivity contribution in [1.29, 1.82) is 0 Å². The molecule has 1 amide bonds. The van der Waals surface area contributed by atoms with Crippen LogP contribution in [0.25, 0.3) is 10.9 Å². The van der Waals surface area contributed by atoms with Crippen molar-refractivity contribution in [2.75, 3.05) is 19.0 Å². The number of carbonyl (C=O) groups excluding carboxylic acids is 1. The first kappa shape index (κ1) is 20.2. The van der Waals surface area contributed by atoms with Gasteiger partial charge in [-0.05, 0) is 37.6 Å². The normalized spacial score (nSPS) is 10.7. The number of carbonyl (C=O) groups is 1. The Bertz CT molecular complexity index is 1060. The molecule has 1 N–H and O–H groups in total. The summed E-state index contributed by atoms with van der Waals surface area (Å²) in [5.41, 5.74) is 1.18. The molecule has 0 saturated carbocycles. The first-order chi connectivity index (χ1) is 14.0. The molecule has 2 aromatic carbocycles. The molecule has 1 aromatic heterocycles. The number of nitrogens with zero attached hydrogens (tertiary/aromatic N) is 2. The highest BCUT2D eigenvalue weighted by molar-refractivity contribution is 6.08. The molecular formula is C21H23N3O5. The molecule has 0 spiro atoms. The first-order valence-corrected chi connectivity index (χ1v) is 9.38.